The van der Waals surface area contributed by atoms with Crippen LogP contribution in [0, 0.1) is 11.2 Å². The minimum absolute atomic E-state index is 0.0761. The van der Waals surface area contributed by atoms with Gasteiger partial charge in [-0.1, -0.05) is 26.0 Å². The Morgan fingerprint density at radius 1 is 1.33 bits per heavy atom. The third-order valence-electron chi connectivity index (χ3n) is 6.26. The van der Waals surface area contributed by atoms with Crippen LogP contribution in [0.1, 0.15) is 63.3 Å². The molecule has 0 spiro atoms. The van der Waals surface area contributed by atoms with Gasteiger partial charge < -0.3 is 15.3 Å². The van der Waals surface area contributed by atoms with Gasteiger partial charge in [0.05, 0.1) is 18.0 Å². The minimum Gasteiger partial charge on any atom is -0.391 e. The number of rotatable bonds is 7. The molecule has 0 aromatic carbocycles. The molecule has 2 unspecified atom stereocenters. The number of aliphatic hydroxyl groups excluding tert-OH is 1. The van der Waals surface area contributed by atoms with Crippen LogP contribution in [0.5, 0.6) is 0 Å². The number of carbonyl (C=O) groups is 2. The van der Waals surface area contributed by atoms with E-state index in [1.807, 2.05) is 27.0 Å². The molecule has 4 rings (SSSR count). The molecule has 178 valence electrons. The lowest BCUT2D eigenvalue weighted by atomic mass is 9.85. The zero-order valence-electron chi connectivity index (χ0n) is 19.2. The van der Waals surface area contributed by atoms with Crippen molar-refractivity contribution in [3.63, 3.8) is 0 Å². The lowest BCUT2D eigenvalue weighted by Gasteiger charge is -2.34. The van der Waals surface area contributed by atoms with Gasteiger partial charge in [0.25, 0.3) is 0 Å². The number of likely N-dealkylation sites (tertiary alicyclic amines) is 1. The van der Waals surface area contributed by atoms with Gasteiger partial charge in [-0.15, -0.1) is 5.10 Å². The zero-order chi connectivity index (χ0) is 23.8. The van der Waals surface area contributed by atoms with Crippen LogP contribution in [0.2, 0.25) is 0 Å². The number of halogens is 1. The normalized spacial score (nSPS) is 21.8. The number of amides is 2. The van der Waals surface area contributed by atoms with E-state index >= 15 is 0 Å². The number of carbonyl (C=O) groups excluding carboxylic acids is 2. The average molecular weight is 459 g/mol. The van der Waals surface area contributed by atoms with Gasteiger partial charge in [-0.05, 0) is 36.3 Å². The summed E-state index contributed by atoms with van der Waals surface area (Å²) in [6.07, 6.45) is 6.29. The molecular formula is C23H31FN6O3. The van der Waals surface area contributed by atoms with Gasteiger partial charge >= 0.3 is 0 Å². The van der Waals surface area contributed by atoms with Crippen LogP contribution in [0.4, 0.5) is 4.39 Å². The van der Waals surface area contributed by atoms with Crippen LogP contribution in [-0.4, -0.2) is 67.0 Å². The first-order chi connectivity index (χ1) is 15.6. The number of nitrogens with zero attached hydrogens (tertiary/aromatic N) is 5. The first-order valence-corrected chi connectivity index (χ1v) is 11.4. The number of hydrogen-bond donors (Lipinski definition) is 2. The van der Waals surface area contributed by atoms with Crippen molar-refractivity contribution in [1.29, 1.82) is 0 Å². The summed E-state index contributed by atoms with van der Waals surface area (Å²) in [5.41, 5.74) is 0.852. The maximum Gasteiger partial charge on any atom is 0.248 e. The van der Waals surface area contributed by atoms with E-state index in [-0.39, 0.29) is 31.3 Å². The number of aliphatic hydroxyl groups is 1. The molecule has 2 aromatic rings. The molecular weight excluding hydrogens is 427 g/mol. The van der Waals surface area contributed by atoms with Gasteiger partial charge in [-0.2, -0.15) is 0 Å². The molecule has 3 atom stereocenters. The summed E-state index contributed by atoms with van der Waals surface area (Å²) in [4.78, 5) is 31.8. The molecule has 1 aliphatic heterocycles. The molecule has 0 radical (unpaired) electrons. The Morgan fingerprint density at radius 3 is 2.76 bits per heavy atom. The standard InChI is InChI=1S/C23H31FN6O3/c1-23(2,3)20(30-13-18(27-28-30)15-4-5-15)22(33)29-12-16(31)10-19(29)21(32)26-9-7-14-6-8-25-11-17(14)24/h6,8,11,13,15-16,19-20,31H,4-5,7,9-10,12H2,1-3H3,(H,26,32)/t16?,19?,20-/m1/s1. The Kier molecular flexibility index (Phi) is 6.47. The fraction of sp³-hybridized carbons (Fsp3) is 0.609. The summed E-state index contributed by atoms with van der Waals surface area (Å²) in [5.74, 6) is -0.649. The Labute approximate surface area is 192 Å². The number of aromatic nitrogens is 4. The highest BCUT2D eigenvalue weighted by atomic mass is 19.1. The Balaban J connectivity index is 1.46. The van der Waals surface area contributed by atoms with Gasteiger partial charge in [-0.25, -0.2) is 9.07 Å². The van der Waals surface area contributed by atoms with Gasteiger partial charge in [0.2, 0.25) is 11.8 Å². The van der Waals surface area contributed by atoms with Gasteiger partial charge in [0.15, 0.2) is 0 Å². The predicted octanol–water partition coefficient (Wildman–Crippen LogP) is 1.60. The van der Waals surface area contributed by atoms with Crippen LogP contribution >= 0.6 is 0 Å². The third kappa shape index (κ3) is 5.21. The fourth-order valence-electron chi connectivity index (χ4n) is 4.37. The van der Waals surface area contributed by atoms with Gasteiger partial charge in [0.1, 0.15) is 17.9 Å². The van der Waals surface area contributed by atoms with E-state index in [0.29, 0.717) is 17.9 Å². The Bertz CT molecular complexity index is 1020. The van der Waals surface area contributed by atoms with E-state index in [9.17, 15) is 19.1 Å². The molecule has 0 bridgehead atoms. The summed E-state index contributed by atoms with van der Waals surface area (Å²) in [5, 5.41) is 21.5. The Morgan fingerprint density at radius 2 is 2.09 bits per heavy atom. The van der Waals surface area contributed by atoms with E-state index in [0.717, 1.165) is 24.7 Å². The summed E-state index contributed by atoms with van der Waals surface area (Å²) < 4.78 is 15.4. The number of nitrogens with one attached hydrogen (secondary N) is 1. The lowest BCUT2D eigenvalue weighted by molar-refractivity contribution is -0.144. The van der Waals surface area contributed by atoms with Crippen molar-refractivity contribution in [3.05, 3.63) is 41.7 Å². The smallest absolute Gasteiger partial charge is 0.248 e. The molecule has 1 saturated heterocycles. The largest absolute Gasteiger partial charge is 0.391 e. The highest BCUT2D eigenvalue weighted by Crippen LogP contribution is 2.40. The number of pyridine rings is 1. The molecule has 1 aliphatic carbocycles. The van der Waals surface area contributed by atoms with Crippen LogP contribution in [-0.2, 0) is 16.0 Å². The molecule has 2 aliphatic rings. The van der Waals surface area contributed by atoms with Crippen molar-refractivity contribution in [1.82, 2.24) is 30.2 Å². The summed E-state index contributed by atoms with van der Waals surface area (Å²) in [7, 11) is 0. The average Bonchev–Trinajstić information content (AvgIpc) is 3.36. The Hall–Kier alpha value is -2.88. The number of hydrogen-bond acceptors (Lipinski definition) is 6. The van der Waals surface area contributed by atoms with Crippen molar-refractivity contribution in [2.75, 3.05) is 13.1 Å². The van der Waals surface area contributed by atoms with Crippen molar-refractivity contribution < 1.29 is 19.1 Å². The maximum atomic E-state index is 13.8. The second kappa shape index (κ2) is 9.17. The van der Waals surface area contributed by atoms with E-state index in [4.69, 9.17) is 0 Å². The monoisotopic (exact) mass is 458 g/mol. The molecule has 3 heterocycles. The van der Waals surface area contributed by atoms with Crippen LogP contribution in [0.25, 0.3) is 0 Å². The van der Waals surface area contributed by atoms with Crippen LogP contribution in [0.3, 0.4) is 0 Å². The topological polar surface area (TPSA) is 113 Å². The molecule has 2 amide bonds. The van der Waals surface area contributed by atoms with Gasteiger partial charge in [-0.3, -0.25) is 14.6 Å². The van der Waals surface area contributed by atoms with E-state index in [1.165, 1.54) is 11.1 Å². The van der Waals surface area contributed by atoms with Crippen molar-refractivity contribution >= 4 is 11.8 Å². The number of β-amino-alcohol motifs (C(OH)–C–C–N with tert-alkyl or cyclic N) is 1. The van der Waals surface area contributed by atoms with E-state index < -0.39 is 29.4 Å². The lowest BCUT2D eigenvalue weighted by Crippen LogP contribution is -2.50. The molecule has 2 fully saturated rings. The van der Waals surface area contributed by atoms with Crippen LogP contribution in [0.15, 0.2) is 24.7 Å². The highest BCUT2D eigenvalue weighted by Gasteiger charge is 2.45. The first kappa shape index (κ1) is 23.3. The minimum atomic E-state index is -0.800. The van der Waals surface area contributed by atoms with E-state index in [2.05, 4.69) is 20.6 Å². The molecule has 1 saturated carbocycles. The van der Waals surface area contributed by atoms with Crippen molar-refractivity contribution in [3.8, 4) is 0 Å². The van der Waals surface area contributed by atoms with E-state index in [1.54, 1.807) is 10.7 Å². The molecule has 9 nitrogen and oxygen atoms in total. The quantitative estimate of drug-likeness (QED) is 0.652. The second-order valence-electron chi connectivity index (χ2n) is 10.1. The molecule has 10 heteroatoms. The van der Waals surface area contributed by atoms with Gasteiger partial charge in [0, 0.05) is 37.8 Å². The summed E-state index contributed by atoms with van der Waals surface area (Å²) >= 11 is 0. The van der Waals surface area contributed by atoms with Crippen molar-refractivity contribution in [2.24, 2.45) is 5.41 Å². The van der Waals surface area contributed by atoms with Crippen LogP contribution < -0.4 is 5.32 Å². The SMILES string of the molecule is CC(C)(C)[C@@H](C(=O)N1CC(O)CC1C(=O)NCCc1ccncc1F)n1cc(C2CC2)nn1. The fourth-order valence-corrected chi connectivity index (χ4v) is 4.37. The third-order valence-corrected chi connectivity index (χ3v) is 6.26. The summed E-state index contributed by atoms with van der Waals surface area (Å²) in [6.45, 7) is 6.12. The predicted molar refractivity (Wildman–Crippen MR) is 118 cm³/mol. The van der Waals surface area contributed by atoms with Crippen molar-refractivity contribution in [2.45, 2.75) is 70.6 Å². The molecule has 2 N–H and O–H groups in total. The first-order valence-electron chi connectivity index (χ1n) is 11.4. The summed E-state index contributed by atoms with van der Waals surface area (Å²) in [6, 6.07) is 0.105. The second-order valence-corrected chi connectivity index (χ2v) is 10.1. The molecule has 2 aromatic heterocycles. The maximum absolute atomic E-state index is 13.8. The highest BCUT2D eigenvalue weighted by molar-refractivity contribution is 5.90. The zero-order valence-corrected chi connectivity index (χ0v) is 19.2. The molecule has 33 heavy (non-hydrogen) atoms.